The van der Waals surface area contributed by atoms with Gasteiger partial charge in [0.15, 0.2) is 5.13 Å². The summed E-state index contributed by atoms with van der Waals surface area (Å²) in [6, 6.07) is 15.5. The van der Waals surface area contributed by atoms with Crippen molar-refractivity contribution in [2.45, 2.75) is 13.3 Å². The molecular formula is C18H14Br2N2OS. The number of hydrogen-bond acceptors (Lipinski definition) is 3. The molecule has 0 radical (unpaired) electrons. The Kier molecular flexibility index (Phi) is 5.48. The summed E-state index contributed by atoms with van der Waals surface area (Å²) in [6.45, 7) is 1.97. The quantitative estimate of drug-likeness (QED) is 0.527. The van der Waals surface area contributed by atoms with Crippen molar-refractivity contribution in [1.82, 2.24) is 4.98 Å². The summed E-state index contributed by atoms with van der Waals surface area (Å²) in [5, 5.41) is 3.51. The Morgan fingerprint density at radius 3 is 2.25 bits per heavy atom. The van der Waals surface area contributed by atoms with Crippen LogP contribution in [-0.4, -0.2) is 10.9 Å². The van der Waals surface area contributed by atoms with E-state index in [4.69, 9.17) is 0 Å². The molecule has 6 heteroatoms. The normalized spacial score (nSPS) is 10.6. The van der Waals surface area contributed by atoms with E-state index in [9.17, 15) is 4.79 Å². The Morgan fingerprint density at radius 2 is 1.62 bits per heavy atom. The lowest BCUT2D eigenvalue weighted by Gasteiger charge is -2.01. The van der Waals surface area contributed by atoms with E-state index in [0.29, 0.717) is 10.7 Å². The predicted octanol–water partition coefficient (Wildman–Crippen LogP) is 5.82. The molecule has 0 atom stereocenters. The third-order valence-electron chi connectivity index (χ3n) is 3.50. The SMILES string of the molecule is Cc1nc(NC(=O)c2ccc(Br)cc2)sc1Cc1ccc(Br)cc1. The number of amides is 1. The average Bonchev–Trinajstić information content (AvgIpc) is 2.89. The zero-order chi connectivity index (χ0) is 17.1. The fourth-order valence-corrected chi connectivity index (χ4v) is 3.72. The smallest absolute Gasteiger partial charge is 0.257 e. The first-order chi connectivity index (χ1) is 11.5. The van der Waals surface area contributed by atoms with Gasteiger partial charge in [-0.05, 0) is 48.9 Å². The highest BCUT2D eigenvalue weighted by atomic mass is 79.9. The highest BCUT2D eigenvalue weighted by Crippen LogP contribution is 2.26. The molecule has 122 valence electrons. The number of rotatable bonds is 4. The van der Waals surface area contributed by atoms with Crippen molar-refractivity contribution in [2.75, 3.05) is 5.32 Å². The summed E-state index contributed by atoms with van der Waals surface area (Å²) in [5.41, 5.74) is 2.78. The van der Waals surface area contributed by atoms with Gasteiger partial charge in [-0.25, -0.2) is 4.98 Å². The fourth-order valence-electron chi connectivity index (χ4n) is 2.20. The first-order valence-corrected chi connectivity index (χ1v) is 9.69. The number of aromatic nitrogens is 1. The maximum Gasteiger partial charge on any atom is 0.257 e. The van der Waals surface area contributed by atoms with Gasteiger partial charge < -0.3 is 0 Å². The van der Waals surface area contributed by atoms with E-state index in [2.05, 4.69) is 54.3 Å². The third kappa shape index (κ3) is 4.32. The van der Waals surface area contributed by atoms with E-state index in [1.807, 2.05) is 31.2 Å². The van der Waals surface area contributed by atoms with E-state index in [1.165, 1.54) is 16.9 Å². The zero-order valence-corrected chi connectivity index (χ0v) is 16.8. The summed E-state index contributed by atoms with van der Waals surface area (Å²) in [7, 11) is 0. The number of thiazole rings is 1. The molecule has 1 heterocycles. The Balaban J connectivity index is 1.72. The molecule has 3 aromatic rings. The number of aryl methyl sites for hydroxylation is 1. The molecule has 24 heavy (non-hydrogen) atoms. The first kappa shape index (κ1) is 17.3. The minimum atomic E-state index is -0.147. The molecule has 0 spiro atoms. The third-order valence-corrected chi connectivity index (χ3v) is 5.63. The molecule has 0 aliphatic heterocycles. The standard InChI is InChI=1S/C18H14Br2N2OS/c1-11-16(10-12-2-6-14(19)7-3-12)24-18(21-11)22-17(23)13-4-8-15(20)9-5-13/h2-9H,10H2,1H3,(H,21,22,23). The lowest BCUT2D eigenvalue weighted by molar-refractivity contribution is 0.102. The minimum absolute atomic E-state index is 0.147. The van der Waals surface area contributed by atoms with Crippen LogP contribution < -0.4 is 5.32 Å². The van der Waals surface area contributed by atoms with Crippen LogP contribution in [0.2, 0.25) is 0 Å². The second kappa shape index (κ2) is 7.59. The maximum absolute atomic E-state index is 12.3. The molecule has 1 N–H and O–H groups in total. The fraction of sp³-hybridized carbons (Fsp3) is 0.111. The predicted molar refractivity (Wildman–Crippen MR) is 106 cm³/mol. The number of benzene rings is 2. The van der Waals surface area contributed by atoms with Gasteiger partial charge in [0, 0.05) is 25.8 Å². The summed E-state index contributed by atoms with van der Waals surface area (Å²) in [5.74, 6) is -0.147. The largest absolute Gasteiger partial charge is 0.298 e. The molecule has 0 aliphatic rings. The molecule has 1 aromatic heterocycles. The zero-order valence-electron chi connectivity index (χ0n) is 12.8. The van der Waals surface area contributed by atoms with Gasteiger partial charge >= 0.3 is 0 Å². The molecular weight excluding hydrogens is 452 g/mol. The minimum Gasteiger partial charge on any atom is -0.298 e. The number of anilines is 1. The van der Waals surface area contributed by atoms with Gasteiger partial charge in [0.25, 0.3) is 5.91 Å². The number of hydrogen-bond donors (Lipinski definition) is 1. The molecule has 1 amide bonds. The monoisotopic (exact) mass is 464 g/mol. The summed E-state index contributed by atoms with van der Waals surface area (Å²) in [4.78, 5) is 17.9. The molecule has 0 fully saturated rings. The van der Waals surface area contributed by atoms with E-state index in [1.54, 1.807) is 12.1 Å². The Bertz CT molecular complexity index is 858. The van der Waals surface area contributed by atoms with Gasteiger partial charge in [0.2, 0.25) is 0 Å². The molecule has 3 nitrogen and oxygen atoms in total. The van der Waals surface area contributed by atoms with Crippen LogP contribution in [0.25, 0.3) is 0 Å². The topological polar surface area (TPSA) is 42.0 Å². The van der Waals surface area contributed by atoms with Crippen molar-refractivity contribution >= 4 is 54.2 Å². The Labute approximate surface area is 161 Å². The van der Waals surface area contributed by atoms with Gasteiger partial charge in [0.1, 0.15) is 0 Å². The maximum atomic E-state index is 12.3. The van der Waals surface area contributed by atoms with E-state index in [-0.39, 0.29) is 5.91 Å². The Morgan fingerprint density at radius 1 is 1.04 bits per heavy atom. The Hall–Kier alpha value is -1.50. The summed E-state index contributed by atoms with van der Waals surface area (Å²) < 4.78 is 2.01. The van der Waals surface area contributed by atoms with Crippen molar-refractivity contribution < 1.29 is 4.79 Å². The van der Waals surface area contributed by atoms with Crippen LogP contribution in [0.3, 0.4) is 0 Å². The van der Waals surface area contributed by atoms with Crippen LogP contribution in [0, 0.1) is 6.92 Å². The van der Waals surface area contributed by atoms with Crippen molar-refractivity contribution in [3.8, 4) is 0 Å². The number of carbonyl (C=O) groups excluding carboxylic acids is 1. The molecule has 0 saturated heterocycles. The molecule has 0 aliphatic carbocycles. The lowest BCUT2D eigenvalue weighted by Crippen LogP contribution is -2.11. The van der Waals surface area contributed by atoms with Gasteiger partial charge in [0.05, 0.1) is 5.69 Å². The number of nitrogens with one attached hydrogen (secondary N) is 1. The molecule has 0 unspecified atom stereocenters. The van der Waals surface area contributed by atoms with Crippen molar-refractivity contribution in [1.29, 1.82) is 0 Å². The number of carbonyl (C=O) groups is 1. The van der Waals surface area contributed by atoms with Crippen LogP contribution in [0.4, 0.5) is 5.13 Å². The molecule has 2 aromatic carbocycles. The number of nitrogens with zero attached hydrogens (tertiary/aromatic N) is 1. The number of halogens is 2. The average molecular weight is 466 g/mol. The van der Waals surface area contributed by atoms with Gasteiger partial charge in [-0.3, -0.25) is 10.1 Å². The molecule has 0 bridgehead atoms. The molecule has 3 rings (SSSR count). The van der Waals surface area contributed by atoms with Crippen molar-refractivity contribution in [3.63, 3.8) is 0 Å². The van der Waals surface area contributed by atoms with Crippen molar-refractivity contribution in [3.05, 3.63) is 79.2 Å². The highest BCUT2D eigenvalue weighted by molar-refractivity contribution is 9.10. The summed E-state index contributed by atoms with van der Waals surface area (Å²) >= 11 is 8.33. The first-order valence-electron chi connectivity index (χ1n) is 7.29. The van der Waals surface area contributed by atoms with Crippen LogP contribution in [0.1, 0.15) is 26.5 Å². The van der Waals surface area contributed by atoms with E-state index >= 15 is 0 Å². The van der Waals surface area contributed by atoms with Crippen molar-refractivity contribution in [2.24, 2.45) is 0 Å². The van der Waals surface area contributed by atoms with Crippen LogP contribution in [0.5, 0.6) is 0 Å². The van der Waals surface area contributed by atoms with Gasteiger partial charge in [-0.2, -0.15) is 0 Å². The van der Waals surface area contributed by atoms with Gasteiger partial charge in [-0.1, -0.05) is 44.0 Å². The van der Waals surface area contributed by atoms with Crippen LogP contribution >= 0.6 is 43.2 Å². The highest BCUT2D eigenvalue weighted by Gasteiger charge is 2.12. The van der Waals surface area contributed by atoms with E-state index < -0.39 is 0 Å². The second-order valence-electron chi connectivity index (χ2n) is 5.29. The molecule has 0 saturated carbocycles. The lowest BCUT2D eigenvalue weighted by atomic mass is 10.1. The van der Waals surface area contributed by atoms with Crippen LogP contribution in [0.15, 0.2) is 57.5 Å². The van der Waals surface area contributed by atoms with Crippen LogP contribution in [-0.2, 0) is 6.42 Å². The van der Waals surface area contributed by atoms with Gasteiger partial charge in [-0.15, -0.1) is 11.3 Å². The van der Waals surface area contributed by atoms with E-state index in [0.717, 1.165) is 25.9 Å². The second-order valence-corrected chi connectivity index (χ2v) is 8.21. The summed E-state index contributed by atoms with van der Waals surface area (Å²) in [6.07, 6.45) is 0.810.